The van der Waals surface area contributed by atoms with Gasteiger partial charge < -0.3 is 14.6 Å². The fourth-order valence-electron chi connectivity index (χ4n) is 4.14. The van der Waals surface area contributed by atoms with Gasteiger partial charge in [0.1, 0.15) is 17.4 Å². The molecule has 0 spiro atoms. The molecule has 1 saturated heterocycles. The van der Waals surface area contributed by atoms with Gasteiger partial charge in [-0.1, -0.05) is 19.8 Å². The number of alkyl halides is 2. The Hall–Kier alpha value is -3.10. The Morgan fingerprint density at radius 3 is 2.62 bits per heavy atom. The van der Waals surface area contributed by atoms with Gasteiger partial charge in [0.2, 0.25) is 12.3 Å². The quantitative estimate of drug-likeness (QED) is 0.333. The number of nitrogens with one attached hydrogen (secondary N) is 1. The van der Waals surface area contributed by atoms with Crippen LogP contribution in [0.2, 0.25) is 0 Å². The molecule has 0 saturated carbocycles. The molecule has 0 aliphatic carbocycles. The lowest BCUT2D eigenvalue weighted by Crippen LogP contribution is -2.55. The highest BCUT2D eigenvalue weighted by molar-refractivity contribution is 6.04. The maximum atomic E-state index is 15.1. The number of hydrogen-bond acceptors (Lipinski definition) is 3. The van der Waals surface area contributed by atoms with Crippen LogP contribution in [0.25, 0.3) is 11.0 Å². The number of aromatic amines is 1. The van der Waals surface area contributed by atoms with Gasteiger partial charge in [0, 0.05) is 29.8 Å². The van der Waals surface area contributed by atoms with Crippen LogP contribution in [-0.4, -0.2) is 28.9 Å². The number of benzene rings is 2. The minimum absolute atomic E-state index is 0.161. The molecule has 2 atom stereocenters. The number of aromatic nitrogens is 2. The van der Waals surface area contributed by atoms with E-state index >= 15 is 8.78 Å². The number of ether oxygens (including phenoxy) is 1. The first-order valence-electron chi connectivity index (χ1n) is 10.6. The summed E-state index contributed by atoms with van der Waals surface area (Å²) in [6.07, 6.45) is 0.529. The number of hydrogen-bond donors (Lipinski definition) is 1. The minimum atomic E-state index is -2.56. The summed E-state index contributed by atoms with van der Waals surface area (Å²) in [7, 11) is 0. The first-order chi connectivity index (χ1) is 15.4. The number of carbonyl (C=O) groups is 1. The maximum Gasteiger partial charge on any atom is 0.241 e. The van der Waals surface area contributed by atoms with Crippen molar-refractivity contribution in [3.63, 3.8) is 0 Å². The molecule has 1 aromatic heterocycles. The molecule has 5 nitrogen and oxygen atoms in total. The number of halogens is 4. The Morgan fingerprint density at radius 1 is 1.19 bits per heavy atom. The largest absolute Gasteiger partial charge is 0.493 e. The lowest BCUT2D eigenvalue weighted by Gasteiger charge is -2.47. The summed E-state index contributed by atoms with van der Waals surface area (Å²) < 4.78 is 59.8. The summed E-state index contributed by atoms with van der Waals surface area (Å²) in [4.78, 5) is 21.5. The van der Waals surface area contributed by atoms with E-state index in [1.54, 1.807) is 18.2 Å². The number of unbranched alkanes of at least 4 members (excludes halogenated alkanes) is 1. The molecule has 4 rings (SSSR count). The first kappa shape index (κ1) is 22.1. The zero-order valence-electron chi connectivity index (χ0n) is 17.5. The Bertz CT molecular complexity index is 1090. The summed E-state index contributed by atoms with van der Waals surface area (Å²) in [6, 6.07) is 6.31. The number of fused-ring (bicyclic) bond motifs is 1. The average molecular weight is 449 g/mol. The molecule has 170 valence electrons. The number of nitrogens with zero attached hydrogens (tertiary/aromatic N) is 2. The number of H-pyrrole nitrogens is 1. The molecule has 3 aromatic rings. The summed E-state index contributed by atoms with van der Waals surface area (Å²) >= 11 is 0. The van der Waals surface area contributed by atoms with Crippen molar-refractivity contribution in [2.24, 2.45) is 5.92 Å². The van der Waals surface area contributed by atoms with Crippen molar-refractivity contribution in [2.75, 3.05) is 11.5 Å². The van der Waals surface area contributed by atoms with E-state index in [1.165, 1.54) is 11.2 Å². The summed E-state index contributed by atoms with van der Waals surface area (Å²) in [5.74, 6) is -2.65. The van der Waals surface area contributed by atoms with E-state index in [0.717, 1.165) is 25.0 Å². The van der Waals surface area contributed by atoms with Crippen LogP contribution in [0.1, 0.15) is 44.2 Å². The minimum Gasteiger partial charge on any atom is -0.493 e. The van der Waals surface area contributed by atoms with Crippen molar-refractivity contribution < 1.29 is 27.1 Å². The third kappa shape index (κ3) is 4.16. The van der Waals surface area contributed by atoms with Crippen molar-refractivity contribution >= 4 is 22.6 Å². The van der Waals surface area contributed by atoms with Gasteiger partial charge in [-0.15, -0.1) is 0 Å². The van der Waals surface area contributed by atoms with E-state index in [0.29, 0.717) is 23.1 Å². The molecule has 1 aliphatic rings. The van der Waals surface area contributed by atoms with Crippen LogP contribution >= 0.6 is 0 Å². The first-order valence-corrected chi connectivity index (χ1v) is 10.6. The molecule has 0 radical (unpaired) electrons. The predicted octanol–water partition coefficient (Wildman–Crippen LogP) is 5.77. The van der Waals surface area contributed by atoms with Crippen LogP contribution in [0, 0.1) is 17.6 Å². The average Bonchev–Trinajstić information content (AvgIpc) is 3.20. The third-order valence-corrected chi connectivity index (χ3v) is 5.72. The van der Waals surface area contributed by atoms with Crippen molar-refractivity contribution in [3.05, 3.63) is 53.9 Å². The van der Waals surface area contributed by atoms with Crippen LogP contribution < -0.4 is 9.64 Å². The standard InChI is InChI=1S/C23H23F4N3O2/c1-2-3-4-15-22(21-16(24)10-14(11-17(21)25)32-8-7-20(26)27)30(23(15)31)13-5-6-18-19(9-13)29-12-28-18/h5-6,9-12,15,20,22H,2-4,7-8H2,1H3,(H,28,29). The second-order valence-electron chi connectivity index (χ2n) is 7.83. The van der Waals surface area contributed by atoms with Gasteiger partial charge in [-0.2, -0.15) is 0 Å². The molecule has 9 heteroatoms. The normalized spacial score (nSPS) is 18.4. The molecule has 0 bridgehead atoms. The highest BCUT2D eigenvalue weighted by atomic mass is 19.3. The fourth-order valence-corrected chi connectivity index (χ4v) is 4.14. The monoisotopic (exact) mass is 449 g/mol. The Morgan fingerprint density at radius 2 is 1.94 bits per heavy atom. The maximum absolute atomic E-state index is 15.1. The number of β-lactam (4-membered cyclic amide) rings is 1. The number of carbonyl (C=O) groups excluding carboxylic acids is 1. The van der Waals surface area contributed by atoms with Crippen molar-refractivity contribution in [1.82, 2.24) is 9.97 Å². The molecule has 2 heterocycles. The van der Waals surface area contributed by atoms with E-state index in [2.05, 4.69) is 9.97 Å². The lowest BCUT2D eigenvalue weighted by molar-refractivity contribution is -0.130. The molecule has 1 fully saturated rings. The second-order valence-corrected chi connectivity index (χ2v) is 7.83. The van der Waals surface area contributed by atoms with Gasteiger partial charge in [0.05, 0.1) is 35.9 Å². The number of anilines is 1. The van der Waals surface area contributed by atoms with Gasteiger partial charge in [0.25, 0.3) is 0 Å². The highest BCUT2D eigenvalue weighted by Crippen LogP contribution is 2.48. The van der Waals surface area contributed by atoms with Gasteiger partial charge >= 0.3 is 0 Å². The molecule has 1 N–H and O–H groups in total. The van der Waals surface area contributed by atoms with Crippen molar-refractivity contribution in [1.29, 1.82) is 0 Å². The number of rotatable bonds is 9. The zero-order valence-corrected chi connectivity index (χ0v) is 17.5. The van der Waals surface area contributed by atoms with E-state index in [1.807, 2.05) is 6.92 Å². The van der Waals surface area contributed by atoms with E-state index in [9.17, 15) is 13.6 Å². The number of imidazole rings is 1. The van der Waals surface area contributed by atoms with Crippen LogP contribution in [0.15, 0.2) is 36.7 Å². The van der Waals surface area contributed by atoms with Gasteiger partial charge in [-0.3, -0.25) is 4.79 Å². The predicted molar refractivity (Wildman–Crippen MR) is 112 cm³/mol. The van der Waals surface area contributed by atoms with E-state index < -0.39 is 36.4 Å². The molecule has 1 aliphatic heterocycles. The SMILES string of the molecule is CCCCC1C(=O)N(c2ccc3nc[nH]c3c2)C1c1c(F)cc(OCCC(F)F)cc1F. The van der Waals surface area contributed by atoms with Gasteiger partial charge in [-0.25, -0.2) is 22.5 Å². The van der Waals surface area contributed by atoms with Crippen molar-refractivity contribution in [3.8, 4) is 5.75 Å². The zero-order chi connectivity index (χ0) is 22.8. The van der Waals surface area contributed by atoms with Crippen LogP contribution in [0.4, 0.5) is 23.2 Å². The van der Waals surface area contributed by atoms with Crippen LogP contribution in [0.3, 0.4) is 0 Å². The Kier molecular flexibility index (Phi) is 6.34. The molecule has 1 amide bonds. The summed E-state index contributed by atoms with van der Waals surface area (Å²) in [5, 5.41) is 0. The topological polar surface area (TPSA) is 58.2 Å². The van der Waals surface area contributed by atoms with Crippen molar-refractivity contribution in [2.45, 2.75) is 45.1 Å². The molecular weight excluding hydrogens is 426 g/mol. The molecule has 2 unspecified atom stereocenters. The summed E-state index contributed by atoms with van der Waals surface area (Å²) in [6.45, 7) is 1.63. The van der Waals surface area contributed by atoms with Gasteiger partial charge in [0.15, 0.2) is 0 Å². The van der Waals surface area contributed by atoms with E-state index in [4.69, 9.17) is 4.74 Å². The fraction of sp³-hybridized carbons (Fsp3) is 0.391. The third-order valence-electron chi connectivity index (χ3n) is 5.72. The smallest absolute Gasteiger partial charge is 0.241 e. The van der Waals surface area contributed by atoms with E-state index in [-0.39, 0.29) is 23.8 Å². The molecule has 2 aromatic carbocycles. The van der Waals surface area contributed by atoms with Gasteiger partial charge in [-0.05, 0) is 24.6 Å². The number of amides is 1. The Labute approximate surface area is 182 Å². The van der Waals surface area contributed by atoms with Crippen LogP contribution in [0.5, 0.6) is 5.75 Å². The molecule has 32 heavy (non-hydrogen) atoms. The molecular formula is C23H23F4N3O2. The van der Waals surface area contributed by atoms with Crippen LogP contribution in [-0.2, 0) is 4.79 Å². The summed E-state index contributed by atoms with van der Waals surface area (Å²) in [5.41, 5.74) is 1.70. The lowest BCUT2D eigenvalue weighted by atomic mass is 9.78. The Balaban J connectivity index is 1.67. The second kappa shape index (κ2) is 9.18. The highest BCUT2D eigenvalue weighted by Gasteiger charge is 2.50.